The molecule has 0 aliphatic heterocycles. The number of aryl methyl sites for hydroxylation is 1. The van der Waals surface area contributed by atoms with Gasteiger partial charge in [-0.25, -0.2) is 0 Å². The first-order chi connectivity index (χ1) is 7.81. The fourth-order valence-corrected chi connectivity index (χ4v) is 2.95. The lowest BCUT2D eigenvalue weighted by Crippen LogP contribution is -2.00. The molecule has 0 radical (unpaired) electrons. The number of benzene rings is 1. The zero-order valence-electron chi connectivity index (χ0n) is 9.53. The van der Waals surface area contributed by atoms with E-state index in [0.29, 0.717) is 0 Å². The van der Waals surface area contributed by atoms with Gasteiger partial charge < -0.3 is 0 Å². The summed E-state index contributed by atoms with van der Waals surface area (Å²) >= 11 is 1.75. The van der Waals surface area contributed by atoms with Gasteiger partial charge in [0.1, 0.15) is 0 Å². The van der Waals surface area contributed by atoms with Gasteiger partial charge in [0.05, 0.1) is 0 Å². The van der Waals surface area contributed by atoms with Crippen LogP contribution in [0.25, 0.3) is 10.1 Å². The van der Waals surface area contributed by atoms with E-state index in [9.17, 15) is 4.79 Å². The van der Waals surface area contributed by atoms with Crippen LogP contribution in [0.3, 0.4) is 0 Å². The molecule has 0 bridgehead atoms. The lowest BCUT2D eigenvalue weighted by Gasteiger charge is -2.01. The summed E-state index contributed by atoms with van der Waals surface area (Å²) in [5, 5.41) is 0.853. The average Bonchev–Trinajstić information content (AvgIpc) is 2.30. The molecular weight excluding hydrogens is 216 g/mol. The number of fused-ring (bicyclic) bond motifs is 1. The van der Waals surface area contributed by atoms with Crippen LogP contribution in [0, 0.1) is 0 Å². The quantitative estimate of drug-likeness (QED) is 0.728. The van der Waals surface area contributed by atoms with Crippen LogP contribution in [0.2, 0.25) is 0 Å². The predicted molar refractivity (Wildman–Crippen MR) is 71.3 cm³/mol. The summed E-state index contributed by atoms with van der Waals surface area (Å²) in [5.74, 6) is 0. The van der Waals surface area contributed by atoms with E-state index in [1.165, 1.54) is 24.1 Å². The summed E-state index contributed by atoms with van der Waals surface area (Å²) < 4.78 is 1.11. The highest BCUT2D eigenvalue weighted by Crippen LogP contribution is 2.20. The van der Waals surface area contributed by atoms with Gasteiger partial charge in [0.15, 0.2) is 5.43 Å². The van der Waals surface area contributed by atoms with Gasteiger partial charge in [-0.2, -0.15) is 0 Å². The molecule has 1 aromatic carbocycles. The second-order valence-electron chi connectivity index (χ2n) is 4.03. The maximum Gasteiger partial charge on any atom is 0.188 e. The SMILES string of the molecule is CCCCCc1cc(=O)c2ccccc2s1. The van der Waals surface area contributed by atoms with Crippen molar-refractivity contribution in [2.45, 2.75) is 32.6 Å². The fourth-order valence-electron chi connectivity index (χ4n) is 1.83. The van der Waals surface area contributed by atoms with E-state index in [-0.39, 0.29) is 5.43 Å². The zero-order valence-corrected chi connectivity index (χ0v) is 10.3. The van der Waals surface area contributed by atoms with Crippen LogP contribution in [-0.2, 0) is 6.42 Å². The molecule has 0 saturated heterocycles. The topological polar surface area (TPSA) is 17.1 Å². The lowest BCUT2D eigenvalue weighted by atomic mass is 10.2. The van der Waals surface area contributed by atoms with Gasteiger partial charge >= 0.3 is 0 Å². The maximum atomic E-state index is 11.8. The molecule has 0 aliphatic carbocycles. The highest BCUT2D eigenvalue weighted by atomic mass is 32.1. The van der Waals surface area contributed by atoms with E-state index in [1.807, 2.05) is 30.3 Å². The minimum absolute atomic E-state index is 0.167. The monoisotopic (exact) mass is 232 g/mol. The molecule has 2 rings (SSSR count). The molecule has 0 aliphatic rings. The molecule has 1 aromatic heterocycles. The van der Waals surface area contributed by atoms with Crippen molar-refractivity contribution in [3.63, 3.8) is 0 Å². The third-order valence-corrected chi connectivity index (χ3v) is 3.87. The Morgan fingerprint density at radius 1 is 1.19 bits per heavy atom. The Labute approximate surface area is 99.8 Å². The Morgan fingerprint density at radius 2 is 2.00 bits per heavy atom. The molecule has 0 spiro atoms. The molecular formula is C14H16OS. The van der Waals surface area contributed by atoms with Crippen LogP contribution < -0.4 is 5.43 Å². The summed E-state index contributed by atoms with van der Waals surface area (Å²) in [6.45, 7) is 2.20. The molecule has 0 atom stereocenters. The van der Waals surface area contributed by atoms with Gasteiger partial charge in [-0.1, -0.05) is 31.9 Å². The van der Waals surface area contributed by atoms with Crippen molar-refractivity contribution in [2.75, 3.05) is 0 Å². The molecule has 1 nitrogen and oxygen atoms in total. The largest absolute Gasteiger partial charge is 0.289 e. The Morgan fingerprint density at radius 3 is 2.81 bits per heavy atom. The smallest absolute Gasteiger partial charge is 0.188 e. The van der Waals surface area contributed by atoms with Crippen molar-refractivity contribution >= 4 is 21.4 Å². The van der Waals surface area contributed by atoms with Crippen LogP contribution in [0.1, 0.15) is 31.1 Å². The minimum atomic E-state index is 0.167. The molecule has 0 saturated carbocycles. The van der Waals surface area contributed by atoms with E-state index >= 15 is 0 Å². The van der Waals surface area contributed by atoms with Crippen molar-refractivity contribution < 1.29 is 0 Å². The summed E-state index contributed by atoms with van der Waals surface area (Å²) in [7, 11) is 0. The second kappa shape index (κ2) is 5.26. The number of hydrogen-bond acceptors (Lipinski definition) is 2. The third kappa shape index (κ3) is 2.50. The Hall–Kier alpha value is -1.15. The van der Waals surface area contributed by atoms with Crippen LogP contribution in [0.15, 0.2) is 35.1 Å². The minimum Gasteiger partial charge on any atom is -0.289 e. The van der Waals surface area contributed by atoms with Gasteiger partial charge in [0, 0.05) is 15.0 Å². The lowest BCUT2D eigenvalue weighted by molar-refractivity contribution is 0.722. The molecule has 0 unspecified atom stereocenters. The van der Waals surface area contributed by atoms with Gasteiger partial charge in [-0.3, -0.25) is 4.79 Å². The number of unbranched alkanes of at least 4 members (excludes halogenated alkanes) is 2. The summed E-state index contributed by atoms with van der Waals surface area (Å²) in [6.07, 6.45) is 4.69. The predicted octanol–water partition coefficient (Wildman–Crippen LogP) is 3.99. The van der Waals surface area contributed by atoms with Gasteiger partial charge in [-0.15, -0.1) is 11.3 Å². The van der Waals surface area contributed by atoms with Crippen LogP contribution in [0.4, 0.5) is 0 Å². The Balaban J connectivity index is 2.31. The standard InChI is InChI=1S/C14H16OS/c1-2-3-4-7-11-10-13(15)12-8-5-6-9-14(12)16-11/h5-6,8-10H,2-4,7H2,1H3. The van der Waals surface area contributed by atoms with Gasteiger partial charge in [0.25, 0.3) is 0 Å². The zero-order chi connectivity index (χ0) is 11.4. The van der Waals surface area contributed by atoms with Crippen molar-refractivity contribution in [1.29, 1.82) is 0 Å². The van der Waals surface area contributed by atoms with Crippen LogP contribution in [-0.4, -0.2) is 0 Å². The number of hydrogen-bond donors (Lipinski definition) is 0. The first-order valence-electron chi connectivity index (χ1n) is 5.83. The third-order valence-electron chi connectivity index (χ3n) is 2.71. The molecule has 0 fully saturated rings. The summed E-state index contributed by atoms with van der Waals surface area (Å²) in [6, 6.07) is 9.67. The van der Waals surface area contributed by atoms with Gasteiger partial charge in [-0.05, 0) is 31.0 Å². The summed E-state index contributed by atoms with van der Waals surface area (Å²) in [5.41, 5.74) is 0.167. The van der Waals surface area contributed by atoms with Crippen molar-refractivity contribution in [1.82, 2.24) is 0 Å². The van der Waals surface area contributed by atoms with E-state index in [0.717, 1.165) is 16.5 Å². The van der Waals surface area contributed by atoms with Crippen molar-refractivity contribution in [3.05, 3.63) is 45.4 Å². The van der Waals surface area contributed by atoms with Crippen molar-refractivity contribution in [2.24, 2.45) is 0 Å². The first kappa shape index (κ1) is 11.3. The molecule has 16 heavy (non-hydrogen) atoms. The highest BCUT2D eigenvalue weighted by Gasteiger charge is 2.01. The van der Waals surface area contributed by atoms with E-state index in [1.54, 1.807) is 11.3 Å². The number of rotatable bonds is 4. The first-order valence-corrected chi connectivity index (χ1v) is 6.64. The summed E-state index contributed by atoms with van der Waals surface area (Å²) in [4.78, 5) is 13.1. The molecule has 84 valence electrons. The second-order valence-corrected chi connectivity index (χ2v) is 5.20. The van der Waals surface area contributed by atoms with Gasteiger partial charge in [0.2, 0.25) is 0 Å². The van der Waals surface area contributed by atoms with E-state index < -0.39 is 0 Å². The molecule has 1 heterocycles. The molecule has 2 heteroatoms. The van der Waals surface area contributed by atoms with Crippen LogP contribution >= 0.6 is 11.3 Å². The van der Waals surface area contributed by atoms with Crippen LogP contribution in [0.5, 0.6) is 0 Å². The van der Waals surface area contributed by atoms with Crippen molar-refractivity contribution in [3.8, 4) is 0 Å². The molecule has 0 amide bonds. The maximum absolute atomic E-state index is 11.8. The Kier molecular flexibility index (Phi) is 3.73. The molecule has 0 N–H and O–H groups in total. The highest BCUT2D eigenvalue weighted by molar-refractivity contribution is 7.18. The normalized spacial score (nSPS) is 10.8. The van der Waals surface area contributed by atoms with E-state index in [2.05, 4.69) is 6.92 Å². The molecule has 2 aromatic rings. The average molecular weight is 232 g/mol. The Bertz CT molecular complexity index is 527. The van der Waals surface area contributed by atoms with E-state index in [4.69, 9.17) is 0 Å². The fraction of sp³-hybridized carbons (Fsp3) is 0.357.